The number of unbranched alkanes of at least 4 members (excludes halogenated alkanes) is 1. The molecule has 2 amide bonds. The predicted octanol–water partition coefficient (Wildman–Crippen LogP) is 5.21. The Morgan fingerprint density at radius 2 is 1.78 bits per heavy atom. The van der Waals surface area contributed by atoms with Crippen LogP contribution in [0.4, 0.5) is 5.69 Å². The summed E-state index contributed by atoms with van der Waals surface area (Å²) >= 11 is 0. The van der Waals surface area contributed by atoms with Crippen molar-refractivity contribution in [1.82, 2.24) is 4.90 Å². The van der Waals surface area contributed by atoms with Crippen LogP contribution in [0, 0.1) is 5.92 Å². The van der Waals surface area contributed by atoms with Crippen molar-refractivity contribution in [2.24, 2.45) is 10.9 Å². The maximum Gasteiger partial charge on any atom is 0.275 e. The van der Waals surface area contributed by atoms with Crippen LogP contribution >= 0.6 is 0 Å². The number of hydrogen-bond acceptors (Lipinski definition) is 3. The molecular weight excluding hydrogens is 398 g/mol. The molecule has 2 aliphatic rings. The van der Waals surface area contributed by atoms with Gasteiger partial charge in [-0.15, -0.1) is 0 Å². The summed E-state index contributed by atoms with van der Waals surface area (Å²) in [5.41, 5.74) is 2.73. The van der Waals surface area contributed by atoms with Crippen LogP contribution in [-0.4, -0.2) is 34.6 Å². The molecule has 5 heteroatoms. The second kappa shape index (κ2) is 9.68. The molecule has 5 nitrogen and oxygen atoms in total. The molecular formula is C27H33N3O2. The topological polar surface area (TPSA) is 61.8 Å². The van der Waals surface area contributed by atoms with Crippen LogP contribution in [0.3, 0.4) is 0 Å². The summed E-state index contributed by atoms with van der Waals surface area (Å²) in [6.07, 6.45) is 6.99. The minimum Gasteiger partial charge on any atom is -0.325 e. The monoisotopic (exact) mass is 431 g/mol. The molecule has 0 saturated heterocycles. The summed E-state index contributed by atoms with van der Waals surface area (Å²) in [7, 11) is 0. The molecule has 0 bridgehead atoms. The molecule has 0 aromatic heterocycles. The first kappa shape index (κ1) is 22.3. The lowest BCUT2D eigenvalue weighted by atomic mass is 9.82. The van der Waals surface area contributed by atoms with Crippen molar-refractivity contribution in [2.45, 2.75) is 64.5 Å². The molecule has 2 aromatic rings. The van der Waals surface area contributed by atoms with Crippen molar-refractivity contribution in [1.29, 1.82) is 0 Å². The molecule has 1 aliphatic heterocycles. The number of anilines is 1. The van der Waals surface area contributed by atoms with E-state index < -0.39 is 5.66 Å². The molecule has 1 aliphatic carbocycles. The van der Waals surface area contributed by atoms with Gasteiger partial charge in [0.25, 0.3) is 5.91 Å². The second-order valence-electron chi connectivity index (χ2n) is 9.23. The summed E-state index contributed by atoms with van der Waals surface area (Å²) in [6.45, 7) is 4.44. The third kappa shape index (κ3) is 4.77. The number of benzene rings is 2. The van der Waals surface area contributed by atoms with E-state index in [-0.39, 0.29) is 18.4 Å². The summed E-state index contributed by atoms with van der Waals surface area (Å²) < 4.78 is 0. The summed E-state index contributed by atoms with van der Waals surface area (Å²) in [4.78, 5) is 33.0. The zero-order valence-electron chi connectivity index (χ0n) is 19.1. The molecule has 168 valence electrons. The van der Waals surface area contributed by atoms with E-state index in [1.54, 1.807) is 4.90 Å². The SMILES string of the molecule is CCCCc1ccc(NC(=O)CN2C(=O)C(c3ccccc3)=NC23CCC(C)CC3)cc1. The van der Waals surface area contributed by atoms with Crippen LogP contribution in [0.2, 0.25) is 0 Å². The fraction of sp³-hybridized carbons (Fsp3) is 0.444. The Balaban J connectivity index is 1.49. The lowest BCUT2D eigenvalue weighted by molar-refractivity contribution is -0.134. The van der Waals surface area contributed by atoms with Crippen molar-refractivity contribution < 1.29 is 9.59 Å². The van der Waals surface area contributed by atoms with E-state index in [0.717, 1.165) is 56.2 Å². The van der Waals surface area contributed by atoms with Gasteiger partial charge in [0.15, 0.2) is 0 Å². The van der Waals surface area contributed by atoms with Gasteiger partial charge >= 0.3 is 0 Å². The molecule has 1 heterocycles. The molecule has 0 atom stereocenters. The average molecular weight is 432 g/mol. The zero-order chi connectivity index (χ0) is 22.6. The molecule has 1 N–H and O–H groups in total. The Morgan fingerprint density at radius 3 is 2.44 bits per heavy atom. The number of rotatable bonds is 7. The van der Waals surface area contributed by atoms with Crippen molar-refractivity contribution in [3.05, 3.63) is 65.7 Å². The molecule has 0 radical (unpaired) electrons. The van der Waals surface area contributed by atoms with E-state index in [9.17, 15) is 9.59 Å². The quantitative estimate of drug-likeness (QED) is 0.654. The highest BCUT2D eigenvalue weighted by Gasteiger charge is 2.49. The molecule has 0 unspecified atom stereocenters. The highest BCUT2D eigenvalue weighted by molar-refractivity contribution is 6.47. The summed E-state index contributed by atoms with van der Waals surface area (Å²) in [5.74, 6) is 0.298. The van der Waals surface area contributed by atoms with E-state index in [0.29, 0.717) is 11.6 Å². The van der Waals surface area contributed by atoms with Gasteiger partial charge in [-0.25, -0.2) is 0 Å². The van der Waals surface area contributed by atoms with Crippen LogP contribution < -0.4 is 5.32 Å². The lowest BCUT2D eigenvalue weighted by Gasteiger charge is -2.40. The Bertz CT molecular complexity index is 974. The summed E-state index contributed by atoms with van der Waals surface area (Å²) in [6, 6.07) is 17.6. The highest BCUT2D eigenvalue weighted by atomic mass is 16.2. The van der Waals surface area contributed by atoms with E-state index in [1.807, 2.05) is 42.5 Å². The lowest BCUT2D eigenvalue weighted by Crippen LogP contribution is -2.51. The van der Waals surface area contributed by atoms with E-state index in [4.69, 9.17) is 4.99 Å². The minimum absolute atomic E-state index is 0.0185. The number of amides is 2. The third-order valence-electron chi connectivity index (χ3n) is 6.75. The van der Waals surface area contributed by atoms with Crippen LogP contribution in [0.15, 0.2) is 59.6 Å². The zero-order valence-corrected chi connectivity index (χ0v) is 19.1. The molecule has 1 fully saturated rings. The van der Waals surface area contributed by atoms with Gasteiger partial charge in [-0.2, -0.15) is 0 Å². The van der Waals surface area contributed by atoms with Gasteiger partial charge in [-0.05, 0) is 62.1 Å². The van der Waals surface area contributed by atoms with Crippen LogP contribution in [0.1, 0.15) is 63.5 Å². The highest BCUT2D eigenvalue weighted by Crippen LogP contribution is 2.41. The Kier molecular flexibility index (Phi) is 6.73. The average Bonchev–Trinajstić information content (AvgIpc) is 3.07. The largest absolute Gasteiger partial charge is 0.325 e. The van der Waals surface area contributed by atoms with Crippen LogP contribution in [0.25, 0.3) is 0 Å². The van der Waals surface area contributed by atoms with Gasteiger partial charge in [-0.1, -0.05) is 62.7 Å². The normalized spacial score (nSPS) is 22.8. The molecule has 1 spiro atoms. The molecule has 2 aromatic carbocycles. The van der Waals surface area contributed by atoms with Gasteiger partial charge < -0.3 is 10.2 Å². The van der Waals surface area contributed by atoms with Crippen molar-refractivity contribution in [3.63, 3.8) is 0 Å². The van der Waals surface area contributed by atoms with E-state index in [1.165, 1.54) is 5.56 Å². The third-order valence-corrected chi connectivity index (χ3v) is 6.75. The fourth-order valence-electron chi connectivity index (χ4n) is 4.72. The fourth-order valence-corrected chi connectivity index (χ4v) is 4.72. The molecule has 4 rings (SSSR count). The van der Waals surface area contributed by atoms with E-state index >= 15 is 0 Å². The second-order valence-corrected chi connectivity index (χ2v) is 9.23. The van der Waals surface area contributed by atoms with Crippen LogP contribution in [0.5, 0.6) is 0 Å². The van der Waals surface area contributed by atoms with Crippen LogP contribution in [-0.2, 0) is 16.0 Å². The van der Waals surface area contributed by atoms with E-state index in [2.05, 4.69) is 31.3 Å². The Labute approximate surface area is 190 Å². The maximum atomic E-state index is 13.4. The van der Waals surface area contributed by atoms with Gasteiger partial charge in [0.05, 0.1) is 0 Å². The minimum atomic E-state index is -0.601. The predicted molar refractivity (Wildman–Crippen MR) is 129 cm³/mol. The number of aryl methyl sites for hydroxylation is 1. The van der Waals surface area contributed by atoms with Crippen molar-refractivity contribution in [3.8, 4) is 0 Å². The first-order valence-electron chi connectivity index (χ1n) is 11.9. The Hall–Kier alpha value is -2.95. The molecule has 1 saturated carbocycles. The number of nitrogens with one attached hydrogen (secondary N) is 1. The van der Waals surface area contributed by atoms with Gasteiger partial charge in [0.2, 0.25) is 5.91 Å². The number of nitrogens with zero attached hydrogens (tertiary/aromatic N) is 2. The maximum absolute atomic E-state index is 13.4. The first-order valence-corrected chi connectivity index (χ1v) is 11.9. The summed E-state index contributed by atoms with van der Waals surface area (Å²) in [5, 5.41) is 2.97. The number of hydrogen-bond donors (Lipinski definition) is 1. The van der Waals surface area contributed by atoms with Gasteiger partial charge in [-0.3, -0.25) is 14.6 Å². The van der Waals surface area contributed by atoms with Gasteiger partial charge in [0.1, 0.15) is 17.9 Å². The number of aliphatic imine (C=N–C) groups is 1. The standard InChI is InChI=1S/C27H33N3O2/c1-3-4-8-21-11-13-23(14-12-21)28-24(31)19-30-26(32)25(22-9-6-5-7-10-22)29-27(30)17-15-20(2)16-18-27/h5-7,9-14,20H,3-4,8,15-19H2,1-2H3,(H,28,31). The number of carbonyl (C=O) groups excluding carboxylic acids is 2. The van der Waals surface area contributed by atoms with Crippen molar-refractivity contribution >= 4 is 23.2 Å². The molecule has 32 heavy (non-hydrogen) atoms. The van der Waals surface area contributed by atoms with Crippen molar-refractivity contribution in [2.75, 3.05) is 11.9 Å². The first-order chi connectivity index (χ1) is 15.5. The Morgan fingerprint density at radius 1 is 1.09 bits per heavy atom. The number of carbonyl (C=O) groups is 2. The smallest absolute Gasteiger partial charge is 0.275 e. The van der Waals surface area contributed by atoms with Gasteiger partial charge in [0, 0.05) is 11.3 Å².